The molecule has 0 radical (unpaired) electrons. The van der Waals surface area contributed by atoms with Crippen molar-refractivity contribution in [2.24, 2.45) is 5.41 Å². The molecule has 1 aliphatic carbocycles. The Balaban J connectivity index is 2.78. The molecule has 1 atom stereocenters. The standard InChI is InChI=1S/C11H21NO6S/c1-11(7-13)5-8(10(18-2)9(14)6-11)12-3-4-19(15,16)17/h12-13,15-17H,3-7H2,1-2H3. The van der Waals surface area contributed by atoms with Crippen LogP contribution in [0.15, 0.2) is 11.5 Å². The fourth-order valence-electron chi connectivity index (χ4n) is 2.04. The van der Waals surface area contributed by atoms with Crippen molar-refractivity contribution >= 4 is 16.7 Å². The summed E-state index contributed by atoms with van der Waals surface area (Å²) in [7, 11) is -2.17. The highest BCUT2D eigenvalue weighted by Gasteiger charge is 2.36. The van der Waals surface area contributed by atoms with Gasteiger partial charge in [0.25, 0.3) is 0 Å². The van der Waals surface area contributed by atoms with E-state index in [0.717, 1.165) is 0 Å². The van der Waals surface area contributed by atoms with E-state index >= 15 is 0 Å². The van der Waals surface area contributed by atoms with Crippen LogP contribution < -0.4 is 5.32 Å². The van der Waals surface area contributed by atoms with Crippen molar-refractivity contribution in [3.63, 3.8) is 0 Å². The molecule has 0 heterocycles. The van der Waals surface area contributed by atoms with Crippen LogP contribution in [0.3, 0.4) is 0 Å². The zero-order valence-corrected chi connectivity index (χ0v) is 11.9. The second kappa shape index (κ2) is 6.10. The van der Waals surface area contributed by atoms with Gasteiger partial charge in [-0.1, -0.05) is 6.92 Å². The Bertz CT molecular complexity index is 378. The lowest BCUT2D eigenvalue weighted by Gasteiger charge is -2.33. The zero-order chi connectivity index (χ0) is 14.7. The molecule has 0 amide bonds. The van der Waals surface area contributed by atoms with E-state index in [1.807, 2.05) is 0 Å². The summed E-state index contributed by atoms with van der Waals surface area (Å²) in [6.07, 6.45) is 0.621. The minimum absolute atomic E-state index is 0.0931. The van der Waals surface area contributed by atoms with E-state index < -0.39 is 16.3 Å². The molecule has 0 fully saturated rings. The van der Waals surface area contributed by atoms with Gasteiger partial charge in [0.2, 0.25) is 0 Å². The number of rotatable bonds is 6. The monoisotopic (exact) mass is 295 g/mol. The SMILES string of the molecule is COC1=C(NCCS(O)(O)O)CC(C)(CO)CC1=O. The van der Waals surface area contributed by atoms with Gasteiger partial charge in [-0.25, -0.2) is 0 Å². The van der Waals surface area contributed by atoms with Crippen molar-refractivity contribution < 1.29 is 28.3 Å². The molecule has 0 aromatic heterocycles. The summed E-state index contributed by atoms with van der Waals surface area (Å²) >= 11 is 0. The predicted octanol–water partition coefficient (Wildman–Crippen LogP) is 1.02. The number of hydrogen-bond acceptors (Lipinski definition) is 7. The van der Waals surface area contributed by atoms with Crippen molar-refractivity contribution in [2.75, 3.05) is 26.0 Å². The highest BCUT2D eigenvalue weighted by Crippen LogP contribution is 2.36. The molecule has 1 rings (SSSR count). The predicted molar refractivity (Wildman–Crippen MR) is 71.8 cm³/mol. The van der Waals surface area contributed by atoms with Crippen LogP contribution in [0.5, 0.6) is 0 Å². The molecule has 0 spiro atoms. The Kier molecular flexibility index (Phi) is 5.22. The van der Waals surface area contributed by atoms with E-state index in [0.29, 0.717) is 12.1 Å². The summed E-state index contributed by atoms with van der Waals surface area (Å²) in [5, 5.41) is 12.2. The van der Waals surface area contributed by atoms with E-state index in [1.54, 1.807) is 6.92 Å². The summed E-state index contributed by atoms with van der Waals surface area (Å²) in [5.74, 6) is -0.249. The molecule has 7 nitrogen and oxygen atoms in total. The first-order chi connectivity index (χ1) is 8.71. The normalized spacial score (nSPS) is 25.5. The molecular weight excluding hydrogens is 274 g/mol. The molecule has 0 saturated heterocycles. The Morgan fingerprint density at radius 3 is 2.47 bits per heavy atom. The van der Waals surface area contributed by atoms with Crippen LogP contribution in [0.25, 0.3) is 0 Å². The molecule has 19 heavy (non-hydrogen) atoms. The third kappa shape index (κ3) is 4.66. The van der Waals surface area contributed by atoms with Crippen LogP contribution in [0.4, 0.5) is 0 Å². The van der Waals surface area contributed by atoms with Crippen molar-refractivity contribution in [3.05, 3.63) is 11.5 Å². The largest absolute Gasteiger partial charge is 0.491 e. The zero-order valence-electron chi connectivity index (χ0n) is 11.0. The van der Waals surface area contributed by atoms with Gasteiger partial charge in [-0.15, -0.1) is 0 Å². The summed E-state index contributed by atoms with van der Waals surface area (Å²) in [6, 6.07) is 0. The van der Waals surface area contributed by atoms with Crippen molar-refractivity contribution in [1.82, 2.24) is 5.32 Å². The van der Waals surface area contributed by atoms with Gasteiger partial charge in [0.05, 0.1) is 29.4 Å². The second-order valence-electron chi connectivity index (χ2n) is 5.02. The first kappa shape index (κ1) is 16.3. The number of carbonyl (C=O) groups excluding carboxylic acids is 1. The third-order valence-corrected chi connectivity index (χ3v) is 3.77. The first-order valence-electron chi connectivity index (χ1n) is 5.84. The lowest BCUT2D eigenvalue weighted by atomic mass is 9.77. The minimum atomic E-state index is -3.56. The summed E-state index contributed by atoms with van der Waals surface area (Å²) in [5.41, 5.74) is -0.0396. The second-order valence-corrected chi connectivity index (χ2v) is 6.69. The summed E-state index contributed by atoms with van der Waals surface area (Å²) in [4.78, 5) is 11.9. The molecule has 112 valence electrons. The van der Waals surface area contributed by atoms with Gasteiger partial charge in [0.1, 0.15) is 0 Å². The van der Waals surface area contributed by atoms with Crippen molar-refractivity contribution in [3.8, 4) is 0 Å². The molecule has 5 N–H and O–H groups in total. The quantitative estimate of drug-likeness (QED) is 0.496. The fraction of sp³-hybridized carbons (Fsp3) is 0.727. The molecule has 1 aliphatic rings. The van der Waals surface area contributed by atoms with Crippen LogP contribution >= 0.6 is 10.9 Å². The molecule has 0 aromatic carbocycles. The highest BCUT2D eigenvalue weighted by molar-refractivity contribution is 8.19. The number of aliphatic hydroxyl groups excluding tert-OH is 1. The molecule has 0 bridgehead atoms. The maximum atomic E-state index is 11.9. The number of aliphatic hydroxyl groups is 1. The minimum Gasteiger partial charge on any atom is -0.491 e. The summed E-state index contributed by atoms with van der Waals surface area (Å²) < 4.78 is 31.7. The number of ether oxygens (including phenoxy) is 1. The Hall–Kier alpha value is -0.800. The Labute approximate surface area is 113 Å². The van der Waals surface area contributed by atoms with Crippen LogP contribution in [-0.2, 0) is 9.53 Å². The van der Waals surface area contributed by atoms with E-state index in [-0.39, 0.29) is 36.9 Å². The number of methoxy groups -OCH3 is 1. The van der Waals surface area contributed by atoms with Crippen LogP contribution in [-0.4, -0.2) is 50.6 Å². The smallest absolute Gasteiger partial charge is 0.199 e. The highest BCUT2D eigenvalue weighted by atomic mass is 32.3. The number of carbonyl (C=O) groups is 1. The van der Waals surface area contributed by atoms with Crippen molar-refractivity contribution in [1.29, 1.82) is 0 Å². The lowest BCUT2D eigenvalue weighted by Crippen LogP contribution is -2.36. The van der Waals surface area contributed by atoms with Gasteiger partial charge < -0.3 is 28.8 Å². The fourth-order valence-corrected chi connectivity index (χ4v) is 2.41. The molecule has 8 heteroatoms. The Morgan fingerprint density at radius 2 is 2.00 bits per heavy atom. The number of ketones is 1. The number of Topliss-reactive ketones (excluding diaryl/α,β-unsaturated/α-hetero) is 1. The average molecular weight is 295 g/mol. The van der Waals surface area contributed by atoms with Gasteiger partial charge in [0, 0.05) is 25.0 Å². The number of hydrogen-bond donors (Lipinski definition) is 5. The van der Waals surface area contributed by atoms with E-state index in [4.69, 9.17) is 18.4 Å². The van der Waals surface area contributed by atoms with Gasteiger partial charge >= 0.3 is 0 Å². The van der Waals surface area contributed by atoms with Gasteiger partial charge in [-0.3, -0.25) is 4.79 Å². The maximum Gasteiger partial charge on any atom is 0.199 e. The average Bonchev–Trinajstić information content (AvgIpc) is 2.27. The molecule has 0 aromatic rings. The third-order valence-electron chi connectivity index (χ3n) is 3.02. The van der Waals surface area contributed by atoms with E-state index in [9.17, 15) is 9.90 Å². The van der Waals surface area contributed by atoms with Crippen LogP contribution in [0.1, 0.15) is 19.8 Å². The van der Waals surface area contributed by atoms with Crippen LogP contribution in [0, 0.1) is 5.41 Å². The van der Waals surface area contributed by atoms with Crippen molar-refractivity contribution in [2.45, 2.75) is 19.8 Å². The number of allylic oxidation sites excluding steroid dienone is 2. The molecule has 1 unspecified atom stereocenters. The molecular formula is C11H21NO6S. The topological polar surface area (TPSA) is 119 Å². The van der Waals surface area contributed by atoms with E-state index in [1.165, 1.54) is 7.11 Å². The summed E-state index contributed by atoms with van der Waals surface area (Å²) in [6.45, 7) is 1.75. The molecule has 0 saturated carbocycles. The first-order valence-corrected chi connectivity index (χ1v) is 7.51. The van der Waals surface area contributed by atoms with Gasteiger partial charge in [0.15, 0.2) is 11.5 Å². The van der Waals surface area contributed by atoms with Crippen LogP contribution in [0.2, 0.25) is 0 Å². The van der Waals surface area contributed by atoms with Gasteiger partial charge in [-0.05, 0) is 6.42 Å². The molecule has 0 aliphatic heterocycles. The lowest BCUT2D eigenvalue weighted by molar-refractivity contribution is -0.122. The maximum absolute atomic E-state index is 11.9. The van der Waals surface area contributed by atoms with Gasteiger partial charge in [-0.2, -0.15) is 0 Å². The van der Waals surface area contributed by atoms with E-state index in [2.05, 4.69) is 5.32 Å². The number of nitrogens with one attached hydrogen (secondary N) is 1. The Morgan fingerprint density at radius 1 is 1.37 bits per heavy atom.